The molecule has 2 rings (SSSR count). The van der Waals surface area contributed by atoms with Crippen molar-refractivity contribution in [2.75, 3.05) is 19.6 Å². The van der Waals surface area contributed by atoms with Crippen LogP contribution in [0.3, 0.4) is 0 Å². The first kappa shape index (κ1) is 13.5. The van der Waals surface area contributed by atoms with E-state index in [-0.39, 0.29) is 11.9 Å². The summed E-state index contributed by atoms with van der Waals surface area (Å²) in [5.41, 5.74) is 1.04. The highest BCUT2D eigenvalue weighted by Crippen LogP contribution is 2.18. The van der Waals surface area contributed by atoms with E-state index in [0.29, 0.717) is 6.04 Å². The van der Waals surface area contributed by atoms with Crippen LogP contribution in [0.15, 0.2) is 24.3 Å². The van der Waals surface area contributed by atoms with E-state index in [1.54, 1.807) is 12.1 Å². The van der Waals surface area contributed by atoms with Gasteiger partial charge in [-0.05, 0) is 57.1 Å². The Morgan fingerprint density at radius 3 is 2.72 bits per heavy atom. The average Bonchev–Trinajstić information content (AvgIpc) is 2.39. The van der Waals surface area contributed by atoms with Gasteiger partial charge in [-0.1, -0.05) is 19.1 Å². The SMILES string of the molecule is CCN1CCC(N[C@@H](C)c2cccc(F)c2)CC1. The minimum atomic E-state index is -0.151. The Balaban J connectivity index is 1.86. The minimum absolute atomic E-state index is 0.151. The lowest BCUT2D eigenvalue weighted by atomic mass is 10.0. The summed E-state index contributed by atoms with van der Waals surface area (Å²) in [7, 11) is 0. The third-order valence-electron chi connectivity index (χ3n) is 3.87. The van der Waals surface area contributed by atoms with E-state index in [1.165, 1.54) is 32.0 Å². The molecule has 0 bridgehead atoms. The fourth-order valence-electron chi connectivity index (χ4n) is 2.64. The molecule has 1 aliphatic heterocycles. The number of hydrogen-bond donors (Lipinski definition) is 1. The molecule has 1 fully saturated rings. The van der Waals surface area contributed by atoms with E-state index in [1.807, 2.05) is 6.07 Å². The van der Waals surface area contributed by atoms with E-state index in [4.69, 9.17) is 0 Å². The fourth-order valence-corrected chi connectivity index (χ4v) is 2.64. The molecule has 1 heterocycles. The predicted molar refractivity (Wildman–Crippen MR) is 73.1 cm³/mol. The molecule has 1 N–H and O–H groups in total. The van der Waals surface area contributed by atoms with Crippen LogP contribution in [0, 0.1) is 5.82 Å². The molecule has 3 heteroatoms. The van der Waals surface area contributed by atoms with Gasteiger partial charge in [0.15, 0.2) is 0 Å². The molecule has 0 spiro atoms. The van der Waals surface area contributed by atoms with Gasteiger partial charge in [-0.15, -0.1) is 0 Å². The average molecular weight is 250 g/mol. The normalized spacial score (nSPS) is 19.9. The van der Waals surface area contributed by atoms with Gasteiger partial charge in [-0.2, -0.15) is 0 Å². The Bertz CT molecular complexity index is 373. The lowest BCUT2D eigenvalue weighted by Gasteiger charge is -2.33. The Hall–Kier alpha value is -0.930. The molecule has 1 aliphatic rings. The first-order chi connectivity index (χ1) is 8.69. The molecule has 2 nitrogen and oxygen atoms in total. The van der Waals surface area contributed by atoms with Crippen LogP contribution in [0.5, 0.6) is 0 Å². The maximum absolute atomic E-state index is 13.2. The van der Waals surface area contributed by atoms with Gasteiger partial charge in [0.25, 0.3) is 0 Å². The van der Waals surface area contributed by atoms with Gasteiger partial charge in [0.05, 0.1) is 0 Å². The summed E-state index contributed by atoms with van der Waals surface area (Å²) in [6, 6.07) is 7.67. The van der Waals surface area contributed by atoms with E-state index in [0.717, 1.165) is 12.1 Å². The van der Waals surface area contributed by atoms with Crippen molar-refractivity contribution >= 4 is 0 Å². The summed E-state index contributed by atoms with van der Waals surface area (Å²) in [4.78, 5) is 2.48. The summed E-state index contributed by atoms with van der Waals surface area (Å²) in [6.45, 7) is 7.81. The number of nitrogens with zero attached hydrogens (tertiary/aromatic N) is 1. The van der Waals surface area contributed by atoms with E-state index >= 15 is 0 Å². The van der Waals surface area contributed by atoms with Gasteiger partial charge >= 0.3 is 0 Å². The smallest absolute Gasteiger partial charge is 0.123 e. The molecule has 0 saturated carbocycles. The molecule has 0 radical (unpaired) electrons. The summed E-state index contributed by atoms with van der Waals surface area (Å²) in [6.07, 6.45) is 2.38. The molecule has 18 heavy (non-hydrogen) atoms. The highest BCUT2D eigenvalue weighted by Gasteiger charge is 2.19. The third kappa shape index (κ3) is 3.53. The first-order valence-corrected chi connectivity index (χ1v) is 6.93. The van der Waals surface area contributed by atoms with Crippen molar-refractivity contribution in [3.8, 4) is 0 Å². The van der Waals surface area contributed by atoms with Gasteiger partial charge < -0.3 is 10.2 Å². The van der Waals surface area contributed by atoms with Crippen molar-refractivity contribution in [1.82, 2.24) is 10.2 Å². The van der Waals surface area contributed by atoms with Crippen LogP contribution in [0.4, 0.5) is 4.39 Å². The van der Waals surface area contributed by atoms with E-state index < -0.39 is 0 Å². The standard InChI is InChI=1S/C15H23FN2/c1-3-18-9-7-15(8-10-18)17-12(2)13-5-4-6-14(16)11-13/h4-6,11-12,15,17H,3,7-10H2,1-2H3/t12-/m0/s1. The second-order valence-corrected chi connectivity index (χ2v) is 5.15. The van der Waals surface area contributed by atoms with Crippen molar-refractivity contribution in [2.24, 2.45) is 0 Å². The lowest BCUT2D eigenvalue weighted by molar-refractivity contribution is 0.200. The Labute approximate surface area is 109 Å². The number of benzene rings is 1. The van der Waals surface area contributed by atoms with Crippen molar-refractivity contribution in [3.05, 3.63) is 35.6 Å². The van der Waals surface area contributed by atoms with Crippen LogP contribution in [0.1, 0.15) is 38.3 Å². The number of nitrogens with one attached hydrogen (secondary N) is 1. The Morgan fingerprint density at radius 2 is 2.11 bits per heavy atom. The zero-order valence-corrected chi connectivity index (χ0v) is 11.3. The summed E-state index contributed by atoms with van der Waals surface area (Å²) >= 11 is 0. The molecule has 1 atom stereocenters. The third-order valence-corrected chi connectivity index (χ3v) is 3.87. The lowest BCUT2D eigenvalue weighted by Crippen LogP contribution is -2.43. The van der Waals surface area contributed by atoms with Gasteiger partial charge in [0, 0.05) is 12.1 Å². The molecule has 1 saturated heterocycles. The maximum atomic E-state index is 13.2. The second kappa shape index (κ2) is 6.30. The molecule has 0 aromatic heterocycles. The van der Waals surface area contributed by atoms with Gasteiger partial charge in [0.1, 0.15) is 5.82 Å². The van der Waals surface area contributed by atoms with Crippen LogP contribution in [-0.2, 0) is 0 Å². The van der Waals surface area contributed by atoms with Crippen molar-refractivity contribution in [3.63, 3.8) is 0 Å². The van der Waals surface area contributed by atoms with Crippen molar-refractivity contribution in [2.45, 2.75) is 38.8 Å². The molecule has 1 aromatic carbocycles. The van der Waals surface area contributed by atoms with Gasteiger partial charge in [0.2, 0.25) is 0 Å². The molecule has 100 valence electrons. The maximum Gasteiger partial charge on any atom is 0.123 e. The van der Waals surface area contributed by atoms with Crippen LogP contribution < -0.4 is 5.32 Å². The quantitative estimate of drug-likeness (QED) is 0.884. The zero-order chi connectivity index (χ0) is 13.0. The molecular formula is C15H23FN2. The summed E-state index contributed by atoms with van der Waals surface area (Å²) < 4.78 is 13.2. The topological polar surface area (TPSA) is 15.3 Å². The molecule has 1 aromatic rings. The van der Waals surface area contributed by atoms with Crippen LogP contribution in [0.2, 0.25) is 0 Å². The molecule has 0 aliphatic carbocycles. The Kier molecular flexibility index (Phi) is 4.72. The van der Waals surface area contributed by atoms with Crippen molar-refractivity contribution < 1.29 is 4.39 Å². The van der Waals surface area contributed by atoms with E-state index in [9.17, 15) is 4.39 Å². The number of halogens is 1. The highest BCUT2D eigenvalue weighted by molar-refractivity contribution is 5.19. The summed E-state index contributed by atoms with van der Waals surface area (Å²) in [5, 5.41) is 3.61. The minimum Gasteiger partial charge on any atom is -0.307 e. The Morgan fingerprint density at radius 1 is 1.39 bits per heavy atom. The zero-order valence-electron chi connectivity index (χ0n) is 11.3. The van der Waals surface area contributed by atoms with Gasteiger partial charge in [-0.3, -0.25) is 0 Å². The number of piperidine rings is 1. The monoisotopic (exact) mass is 250 g/mol. The van der Waals surface area contributed by atoms with Gasteiger partial charge in [-0.25, -0.2) is 4.39 Å². The van der Waals surface area contributed by atoms with Crippen LogP contribution in [-0.4, -0.2) is 30.6 Å². The predicted octanol–water partition coefficient (Wildman–Crippen LogP) is 2.96. The highest BCUT2D eigenvalue weighted by atomic mass is 19.1. The molecular weight excluding hydrogens is 227 g/mol. The molecule has 0 unspecified atom stereocenters. The number of rotatable bonds is 4. The largest absolute Gasteiger partial charge is 0.307 e. The second-order valence-electron chi connectivity index (χ2n) is 5.15. The molecule has 0 amide bonds. The first-order valence-electron chi connectivity index (χ1n) is 6.93. The van der Waals surface area contributed by atoms with Crippen molar-refractivity contribution in [1.29, 1.82) is 0 Å². The van der Waals surface area contributed by atoms with Crippen LogP contribution in [0.25, 0.3) is 0 Å². The van der Waals surface area contributed by atoms with Crippen LogP contribution >= 0.6 is 0 Å². The number of likely N-dealkylation sites (tertiary alicyclic amines) is 1. The van der Waals surface area contributed by atoms with E-state index in [2.05, 4.69) is 24.1 Å². The number of hydrogen-bond acceptors (Lipinski definition) is 2. The summed E-state index contributed by atoms with van der Waals surface area (Å²) in [5.74, 6) is -0.151. The fraction of sp³-hybridized carbons (Fsp3) is 0.600.